The predicted molar refractivity (Wildman–Crippen MR) is 89.8 cm³/mol. The largest absolute Gasteiger partial charge is 0.497 e. The Labute approximate surface area is 134 Å². The first-order chi connectivity index (χ1) is 11.3. The van der Waals surface area contributed by atoms with Crippen LogP contribution < -0.4 is 14.4 Å². The van der Waals surface area contributed by atoms with Crippen LogP contribution in [0.3, 0.4) is 0 Å². The van der Waals surface area contributed by atoms with Crippen LogP contribution in [0, 0.1) is 6.92 Å². The van der Waals surface area contributed by atoms with E-state index in [1.165, 1.54) is 0 Å². The second-order valence-corrected chi connectivity index (χ2v) is 5.45. The lowest BCUT2D eigenvalue weighted by Crippen LogP contribution is -2.29. The fourth-order valence-corrected chi connectivity index (χ4v) is 2.93. The van der Waals surface area contributed by atoms with Crippen molar-refractivity contribution in [3.63, 3.8) is 0 Å². The van der Waals surface area contributed by atoms with Crippen LogP contribution in [-0.2, 0) is 0 Å². The first-order valence-electron chi connectivity index (χ1n) is 7.58. The van der Waals surface area contributed by atoms with Gasteiger partial charge in [-0.3, -0.25) is 0 Å². The monoisotopic (exact) mass is 307 g/mol. The van der Waals surface area contributed by atoms with Crippen molar-refractivity contribution in [1.29, 1.82) is 0 Å². The molecule has 5 heteroatoms. The van der Waals surface area contributed by atoms with E-state index in [0.717, 1.165) is 46.3 Å². The molecule has 116 valence electrons. The molecule has 0 saturated carbocycles. The Hall–Kier alpha value is -2.82. The maximum Gasteiger partial charge on any atom is 0.146 e. The molecule has 0 bridgehead atoms. The molecule has 0 unspecified atom stereocenters. The highest BCUT2D eigenvalue weighted by atomic mass is 16.5. The average Bonchev–Trinajstić information content (AvgIpc) is 2.60. The molecule has 0 saturated heterocycles. The van der Waals surface area contributed by atoms with Crippen LogP contribution in [0.15, 0.2) is 42.5 Å². The van der Waals surface area contributed by atoms with Crippen LogP contribution in [0.2, 0.25) is 0 Å². The van der Waals surface area contributed by atoms with Gasteiger partial charge in [0.2, 0.25) is 0 Å². The maximum atomic E-state index is 5.79. The highest BCUT2D eigenvalue weighted by Crippen LogP contribution is 2.40. The van der Waals surface area contributed by atoms with E-state index in [0.29, 0.717) is 6.61 Å². The first-order valence-corrected chi connectivity index (χ1v) is 7.58. The highest BCUT2D eigenvalue weighted by molar-refractivity contribution is 5.92. The van der Waals surface area contributed by atoms with E-state index in [-0.39, 0.29) is 0 Å². The summed E-state index contributed by atoms with van der Waals surface area (Å²) in [5, 5.41) is 1.04. The summed E-state index contributed by atoms with van der Waals surface area (Å²) in [6.45, 7) is 3.28. The first kappa shape index (κ1) is 13.8. The van der Waals surface area contributed by atoms with E-state index in [1.54, 1.807) is 7.11 Å². The summed E-state index contributed by atoms with van der Waals surface area (Å²) in [4.78, 5) is 11.4. The second-order valence-electron chi connectivity index (χ2n) is 5.45. The van der Waals surface area contributed by atoms with Crippen molar-refractivity contribution in [2.45, 2.75) is 6.92 Å². The van der Waals surface area contributed by atoms with Crippen LogP contribution >= 0.6 is 0 Å². The van der Waals surface area contributed by atoms with Gasteiger partial charge < -0.3 is 14.4 Å². The van der Waals surface area contributed by atoms with Gasteiger partial charge in [0.1, 0.15) is 29.7 Å². The van der Waals surface area contributed by atoms with Gasteiger partial charge in [-0.05, 0) is 31.2 Å². The Kier molecular flexibility index (Phi) is 3.26. The third kappa shape index (κ3) is 2.34. The molecule has 4 rings (SSSR count). The van der Waals surface area contributed by atoms with Crippen molar-refractivity contribution in [2.75, 3.05) is 25.2 Å². The number of ether oxygens (including phenoxy) is 2. The van der Waals surface area contributed by atoms with E-state index in [1.807, 2.05) is 43.3 Å². The van der Waals surface area contributed by atoms with Crippen LogP contribution in [0.5, 0.6) is 11.5 Å². The van der Waals surface area contributed by atoms with E-state index < -0.39 is 0 Å². The summed E-state index contributed by atoms with van der Waals surface area (Å²) in [6, 6.07) is 14.0. The minimum atomic E-state index is 0.609. The van der Waals surface area contributed by atoms with Gasteiger partial charge in [-0.15, -0.1) is 0 Å². The molecule has 1 aromatic heterocycles. The van der Waals surface area contributed by atoms with Crippen molar-refractivity contribution < 1.29 is 9.47 Å². The molecule has 1 aliphatic rings. The molecule has 0 aliphatic carbocycles. The smallest absolute Gasteiger partial charge is 0.146 e. The van der Waals surface area contributed by atoms with Gasteiger partial charge in [-0.2, -0.15) is 0 Å². The zero-order chi connectivity index (χ0) is 15.8. The van der Waals surface area contributed by atoms with Gasteiger partial charge in [0.05, 0.1) is 24.9 Å². The molecule has 5 nitrogen and oxygen atoms in total. The standard InChI is InChI=1S/C18H17N3O2/c1-12-19-15-6-4-3-5-14(15)18(20-12)21-9-10-23-17-11-13(22-2)7-8-16(17)21/h3-8,11H,9-10H2,1-2H3. The number of hydrogen-bond donors (Lipinski definition) is 0. The second kappa shape index (κ2) is 5.43. The number of hydrogen-bond acceptors (Lipinski definition) is 5. The Bertz CT molecular complexity index is 879. The van der Waals surface area contributed by atoms with Crippen molar-refractivity contribution in [2.24, 2.45) is 0 Å². The number of fused-ring (bicyclic) bond motifs is 2. The molecular weight excluding hydrogens is 290 g/mol. The van der Waals surface area contributed by atoms with Gasteiger partial charge >= 0.3 is 0 Å². The van der Waals surface area contributed by atoms with Crippen LogP contribution in [-0.4, -0.2) is 30.2 Å². The minimum absolute atomic E-state index is 0.609. The van der Waals surface area contributed by atoms with E-state index >= 15 is 0 Å². The average molecular weight is 307 g/mol. The van der Waals surface area contributed by atoms with E-state index in [9.17, 15) is 0 Å². The molecule has 2 aromatic carbocycles. The van der Waals surface area contributed by atoms with Gasteiger partial charge in [0, 0.05) is 11.5 Å². The number of aryl methyl sites for hydroxylation is 1. The Morgan fingerprint density at radius 2 is 2.00 bits per heavy atom. The van der Waals surface area contributed by atoms with Crippen LogP contribution in [0.1, 0.15) is 5.82 Å². The lowest BCUT2D eigenvalue weighted by atomic mass is 10.1. The molecule has 0 N–H and O–H groups in total. The summed E-state index contributed by atoms with van der Waals surface area (Å²) in [7, 11) is 1.66. The predicted octanol–water partition coefficient (Wildman–Crippen LogP) is 3.48. The molecular formula is C18H17N3O2. The van der Waals surface area contributed by atoms with E-state index in [4.69, 9.17) is 14.5 Å². The van der Waals surface area contributed by atoms with E-state index in [2.05, 4.69) is 16.0 Å². The number of nitrogens with zero attached hydrogens (tertiary/aromatic N) is 3. The lowest BCUT2D eigenvalue weighted by molar-refractivity contribution is 0.311. The number of aromatic nitrogens is 2. The van der Waals surface area contributed by atoms with Crippen LogP contribution in [0.4, 0.5) is 11.5 Å². The van der Waals surface area contributed by atoms with Crippen molar-refractivity contribution in [1.82, 2.24) is 9.97 Å². The summed E-state index contributed by atoms with van der Waals surface area (Å²) in [6.07, 6.45) is 0. The Balaban J connectivity index is 1.90. The normalized spacial score (nSPS) is 13.6. The fourth-order valence-electron chi connectivity index (χ4n) is 2.93. The third-order valence-corrected chi connectivity index (χ3v) is 3.98. The molecule has 2 heterocycles. The van der Waals surface area contributed by atoms with Crippen molar-refractivity contribution in [3.05, 3.63) is 48.3 Å². The molecule has 0 fully saturated rings. The number of benzene rings is 2. The molecule has 23 heavy (non-hydrogen) atoms. The fraction of sp³-hybridized carbons (Fsp3) is 0.222. The van der Waals surface area contributed by atoms with Gasteiger partial charge in [-0.1, -0.05) is 12.1 Å². The van der Waals surface area contributed by atoms with Crippen molar-refractivity contribution >= 4 is 22.4 Å². The maximum absolute atomic E-state index is 5.79. The minimum Gasteiger partial charge on any atom is -0.497 e. The summed E-state index contributed by atoms with van der Waals surface area (Å²) in [5.41, 5.74) is 1.96. The van der Waals surface area contributed by atoms with Gasteiger partial charge in [-0.25, -0.2) is 9.97 Å². The zero-order valence-electron chi connectivity index (χ0n) is 13.1. The third-order valence-electron chi connectivity index (χ3n) is 3.98. The number of rotatable bonds is 2. The lowest BCUT2D eigenvalue weighted by Gasteiger charge is -2.31. The SMILES string of the molecule is COc1ccc2c(c1)OCCN2c1nc(C)nc2ccccc12. The van der Waals surface area contributed by atoms with Gasteiger partial charge in [0.15, 0.2) is 0 Å². The quantitative estimate of drug-likeness (QED) is 0.725. The van der Waals surface area contributed by atoms with Crippen LogP contribution in [0.25, 0.3) is 10.9 Å². The molecule has 3 aromatic rings. The van der Waals surface area contributed by atoms with Gasteiger partial charge in [0.25, 0.3) is 0 Å². The number of anilines is 2. The highest BCUT2D eigenvalue weighted by Gasteiger charge is 2.23. The van der Waals surface area contributed by atoms with Crippen molar-refractivity contribution in [3.8, 4) is 11.5 Å². The zero-order valence-corrected chi connectivity index (χ0v) is 13.1. The summed E-state index contributed by atoms with van der Waals surface area (Å²) >= 11 is 0. The number of methoxy groups -OCH3 is 1. The summed E-state index contributed by atoms with van der Waals surface area (Å²) < 4.78 is 11.1. The molecule has 0 amide bonds. The molecule has 0 radical (unpaired) electrons. The Morgan fingerprint density at radius 1 is 1.13 bits per heavy atom. The molecule has 1 aliphatic heterocycles. The summed E-state index contributed by atoms with van der Waals surface area (Å²) in [5.74, 6) is 3.29. The topological polar surface area (TPSA) is 47.5 Å². The Morgan fingerprint density at radius 3 is 2.87 bits per heavy atom. The molecule has 0 spiro atoms. The number of para-hydroxylation sites is 1. The molecule has 0 atom stereocenters.